The molecule has 4 heteroatoms. The second-order valence-corrected chi connectivity index (χ2v) is 3.93. The lowest BCUT2D eigenvalue weighted by Gasteiger charge is -2.20. The number of rotatable bonds is 4. The molecule has 0 unspecified atom stereocenters. The number of aromatic nitrogens is 2. The number of hydrogen-bond acceptors (Lipinski definition) is 3. The molecule has 1 aromatic carbocycles. The third kappa shape index (κ3) is 2.91. The van der Waals surface area contributed by atoms with Crippen LogP contribution in [0.2, 0.25) is 0 Å². The number of hydrogen-bond donors (Lipinski definition) is 0. The van der Waals surface area contributed by atoms with Gasteiger partial charge in [-0.15, -0.1) is 0 Å². The summed E-state index contributed by atoms with van der Waals surface area (Å²) in [5.74, 6) is -0.0399. The fourth-order valence-corrected chi connectivity index (χ4v) is 1.72. The first-order valence-electron chi connectivity index (χ1n) is 5.89. The molecule has 0 N–H and O–H groups in total. The van der Waals surface area contributed by atoms with Gasteiger partial charge in [-0.3, -0.25) is 4.79 Å². The van der Waals surface area contributed by atoms with Crippen LogP contribution in [0.4, 0.5) is 0 Å². The van der Waals surface area contributed by atoms with E-state index in [0.29, 0.717) is 18.7 Å². The fourth-order valence-electron chi connectivity index (χ4n) is 1.72. The first-order chi connectivity index (χ1) is 8.81. The van der Waals surface area contributed by atoms with Gasteiger partial charge in [-0.25, -0.2) is 9.97 Å². The Morgan fingerprint density at radius 2 is 1.83 bits per heavy atom. The third-order valence-corrected chi connectivity index (χ3v) is 2.69. The number of carbonyl (C=O) groups excluding carboxylic acids is 1. The Labute approximate surface area is 106 Å². The average molecular weight is 241 g/mol. The quantitative estimate of drug-likeness (QED) is 0.823. The zero-order valence-corrected chi connectivity index (χ0v) is 10.3. The molecule has 92 valence electrons. The van der Waals surface area contributed by atoms with E-state index in [1.165, 1.54) is 6.33 Å². The molecule has 0 saturated carbocycles. The van der Waals surface area contributed by atoms with Gasteiger partial charge in [0.2, 0.25) is 0 Å². The first kappa shape index (κ1) is 12.2. The van der Waals surface area contributed by atoms with E-state index < -0.39 is 0 Å². The smallest absolute Gasteiger partial charge is 0.257 e. The van der Waals surface area contributed by atoms with Crippen molar-refractivity contribution in [3.05, 3.63) is 60.2 Å². The number of benzene rings is 1. The summed E-state index contributed by atoms with van der Waals surface area (Å²) in [6.07, 6.45) is 4.51. The largest absolute Gasteiger partial charge is 0.335 e. The minimum absolute atomic E-state index is 0.0399. The highest BCUT2D eigenvalue weighted by molar-refractivity contribution is 5.93. The van der Waals surface area contributed by atoms with E-state index in [9.17, 15) is 4.79 Å². The molecule has 1 amide bonds. The van der Waals surface area contributed by atoms with Crippen LogP contribution >= 0.6 is 0 Å². The van der Waals surface area contributed by atoms with Gasteiger partial charge in [0.05, 0.1) is 5.56 Å². The van der Waals surface area contributed by atoms with Gasteiger partial charge in [0.25, 0.3) is 5.91 Å². The highest BCUT2D eigenvalue weighted by Crippen LogP contribution is 2.08. The molecule has 0 aliphatic carbocycles. The van der Waals surface area contributed by atoms with Crippen molar-refractivity contribution in [2.45, 2.75) is 13.5 Å². The minimum Gasteiger partial charge on any atom is -0.335 e. The van der Waals surface area contributed by atoms with Crippen molar-refractivity contribution in [2.24, 2.45) is 0 Å². The lowest BCUT2D eigenvalue weighted by Crippen LogP contribution is -2.30. The monoisotopic (exact) mass is 241 g/mol. The van der Waals surface area contributed by atoms with Crippen molar-refractivity contribution >= 4 is 5.91 Å². The van der Waals surface area contributed by atoms with Gasteiger partial charge < -0.3 is 4.90 Å². The summed E-state index contributed by atoms with van der Waals surface area (Å²) < 4.78 is 0. The van der Waals surface area contributed by atoms with E-state index in [0.717, 1.165) is 5.56 Å². The summed E-state index contributed by atoms with van der Waals surface area (Å²) in [6, 6.07) is 9.93. The number of carbonyl (C=O) groups is 1. The van der Waals surface area contributed by atoms with E-state index in [4.69, 9.17) is 0 Å². The maximum Gasteiger partial charge on any atom is 0.257 e. The van der Waals surface area contributed by atoms with Gasteiger partial charge in [0.1, 0.15) is 6.33 Å². The lowest BCUT2D eigenvalue weighted by molar-refractivity contribution is 0.0751. The van der Waals surface area contributed by atoms with Crippen LogP contribution in [0.3, 0.4) is 0 Å². The van der Waals surface area contributed by atoms with E-state index in [1.54, 1.807) is 17.3 Å². The molecule has 0 spiro atoms. The molecule has 0 radical (unpaired) electrons. The molecule has 1 aromatic heterocycles. The maximum absolute atomic E-state index is 12.2. The maximum atomic E-state index is 12.2. The molecule has 0 aliphatic heterocycles. The number of nitrogens with zero attached hydrogens (tertiary/aromatic N) is 3. The molecular weight excluding hydrogens is 226 g/mol. The van der Waals surface area contributed by atoms with Crippen LogP contribution in [0.5, 0.6) is 0 Å². The molecular formula is C14H15N3O. The third-order valence-electron chi connectivity index (χ3n) is 2.69. The van der Waals surface area contributed by atoms with Crippen molar-refractivity contribution in [1.82, 2.24) is 14.9 Å². The molecule has 0 bridgehead atoms. The van der Waals surface area contributed by atoms with Crippen LogP contribution in [-0.4, -0.2) is 27.3 Å². The Bertz CT molecular complexity index is 499. The van der Waals surface area contributed by atoms with Crippen LogP contribution in [0, 0.1) is 0 Å². The van der Waals surface area contributed by atoms with Crippen LogP contribution in [0.1, 0.15) is 22.8 Å². The normalized spacial score (nSPS) is 10.1. The Kier molecular flexibility index (Phi) is 4.02. The van der Waals surface area contributed by atoms with Crippen molar-refractivity contribution in [3.63, 3.8) is 0 Å². The van der Waals surface area contributed by atoms with Crippen molar-refractivity contribution in [3.8, 4) is 0 Å². The van der Waals surface area contributed by atoms with Gasteiger partial charge in [-0.1, -0.05) is 30.3 Å². The van der Waals surface area contributed by atoms with Gasteiger partial charge in [-0.2, -0.15) is 0 Å². The van der Waals surface area contributed by atoms with Crippen LogP contribution in [0.15, 0.2) is 49.1 Å². The van der Waals surface area contributed by atoms with Crippen LogP contribution in [-0.2, 0) is 6.54 Å². The summed E-state index contributed by atoms with van der Waals surface area (Å²) in [5, 5.41) is 0. The van der Waals surface area contributed by atoms with Gasteiger partial charge in [0, 0.05) is 25.5 Å². The zero-order valence-electron chi connectivity index (χ0n) is 10.3. The van der Waals surface area contributed by atoms with Crippen LogP contribution in [0.25, 0.3) is 0 Å². The van der Waals surface area contributed by atoms with E-state index >= 15 is 0 Å². The predicted octanol–water partition coefficient (Wildman–Crippen LogP) is 2.14. The standard InChI is InChI=1S/C14H15N3O/c1-2-17(10-12-6-4-3-5-7-12)14(18)13-8-15-11-16-9-13/h3-9,11H,2,10H2,1H3. The fraction of sp³-hybridized carbons (Fsp3) is 0.214. The van der Waals surface area contributed by atoms with E-state index in [1.807, 2.05) is 37.3 Å². The molecule has 0 atom stereocenters. The van der Waals surface area contributed by atoms with Crippen molar-refractivity contribution in [1.29, 1.82) is 0 Å². The summed E-state index contributed by atoms with van der Waals surface area (Å²) in [7, 11) is 0. The highest BCUT2D eigenvalue weighted by atomic mass is 16.2. The number of amides is 1. The predicted molar refractivity (Wildman–Crippen MR) is 68.9 cm³/mol. The second kappa shape index (κ2) is 5.91. The molecule has 4 nitrogen and oxygen atoms in total. The highest BCUT2D eigenvalue weighted by Gasteiger charge is 2.14. The van der Waals surface area contributed by atoms with E-state index in [2.05, 4.69) is 9.97 Å². The summed E-state index contributed by atoms with van der Waals surface area (Å²) in [4.78, 5) is 21.7. The molecule has 2 rings (SSSR count). The summed E-state index contributed by atoms with van der Waals surface area (Å²) >= 11 is 0. The average Bonchev–Trinajstić information content (AvgIpc) is 2.46. The molecule has 1 heterocycles. The zero-order chi connectivity index (χ0) is 12.8. The van der Waals surface area contributed by atoms with Crippen molar-refractivity contribution in [2.75, 3.05) is 6.54 Å². The van der Waals surface area contributed by atoms with Gasteiger partial charge >= 0.3 is 0 Å². The van der Waals surface area contributed by atoms with Crippen molar-refractivity contribution < 1.29 is 4.79 Å². The Hall–Kier alpha value is -2.23. The van der Waals surface area contributed by atoms with Gasteiger partial charge in [0.15, 0.2) is 0 Å². The van der Waals surface area contributed by atoms with Crippen LogP contribution < -0.4 is 0 Å². The molecule has 0 saturated heterocycles. The SMILES string of the molecule is CCN(Cc1ccccc1)C(=O)c1cncnc1. The minimum atomic E-state index is -0.0399. The Morgan fingerprint density at radius 1 is 1.17 bits per heavy atom. The Morgan fingerprint density at radius 3 is 2.44 bits per heavy atom. The van der Waals surface area contributed by atoms with Gasteiger partial charge in [-0.05, 0) is 12.5 Å². The molecule has 0 fully saturated rings. The molecule has 18 heavy (non-hydrogen) atoms. The Balaban J connectivity index is 2.12. The molecule has 0 aliphatic rings. The first-order valence-corrected chi connectivity index (χ1v) is 5.89. The second-order valence-electron chi connectivity index (χ2n) is 3.93. The lowest BCUT2D eigenvalue weighted by atomic mass is 10.2. The molecule has 2 aromatic rings. The summed E-state index contributed by atoms with van der Waals surface area (Å²) in [6.45, 7) is 3.22. The summed E-state index contributed by atoms with van der Waals surface area (Å²) in [5.41, 5.74) is 1.64. The van der Waals surface area contributed by atoms with E-state index in [-0.39, 0.29) is 5.91 Å². The topological polar surface area (TPSA) is 46.1 Å².